The predicted octanol–water partition coefficient (Wildman–Crippen LogP) is 5.39. The first-order valence-corrected chi connectivity index (χ1v) is 12.0. The summed E-state index contributed by atoms with van der Waals surface area (Å²) in [4.78, 5) is 9.55. The minimum Gasteiger partial charge on any atom is -0.366 e. The van der Waals surface area contributed by atoms with Gasteiger partial charge >= 0.3 is 0 Å². The van der Waals surface area contributed by atoms with Crippen molar-refractivity contribution in [2.45, 2.75) is 25.7 Å². The van der Waals surface area contributed by atoms with Crippen molar-refractivity contribution < 1.29 is 4.39 Å². The average Bonchev–Trinajstić information content (AvgIpc) is 3.27. The van der Waals surface area contributed by atoms with Crippen LogP contribution in [0.4, 0.5) is 15.9 Å². The maximum absolute atomic E-state index is 14.3. The van der Waals surface area contributed by atoms with Crippen LogP contribution in [0.2, 0.25) is 5.02 Å². The molecule has 2 aromatic carbocycles. The van der Waals surface area contributed by atoms with E-state index in [1.165, 1.54) is 30.2 Å². The van der Waals surface area contributed by atoms with E-state index in [9.17, 15) is 4.39 Å². The molecule has 1 fully saturated rings. The lowest BCUT2D eigenvalue weighted by molar-refractivity contribution is 0.588. The van der Waals surface area contributed by atoms with Crippen LogP contribution in [0.15, 0.2) is 54.6 Å². The quantitative estimate of drug-likeness (QED) is 0.409. The molecule has 2 aliphatic rings. The van der Waals surface area contributed by atoms with Gasteiger partial charge in [-0.2, -0.15) is 9.61 Å². The summed E-state index contributed by atoms with van der Waals surface area (Å²) in [5, 5.41) is 5.70. The first-order valence-electron chi connectivity index (χ1n) is 11.6. The highest BCUT2D eigenvalue weighted by Crippen LogP contribution is 2.33. The lowest BCUT2D eigenvalue weighted by Crippen LogP contribution is -2.48. The fraction of sp³-hybridized carbons (Fsp3) is 0.308. The molecular weight excluding hydrogens is 437 g/mol. The van der Waals surface area contributed by atoms with Gasteiger partial charge in [-0.15, -0.1) is 0 Å². The van der Waals surface area contributed by atoms with E-state index < -0.39 is 0 Å². The summed E-state index contributed by atoms with van der Waals surface area (Å²) in [5.41, 5.74) is 6.00. The van der Waals surface area contributed by atoms with E-state index in [1.54, 1.807) is 6.07 Å². The van der Waals surface area contributed by atoms with E-state index in [-0.39, 0.29) is 5.82 Å². The lowest BCUT2D eigenvalue weighted by Gasteiger charge is -2.38. The molecule has 0 N–H and O–H groups in total. The van der Waals surface area contributed by atoms with E-state index in [2.05, 4.69) is 15.9 Å². The molecule has 0 unspecified atom stereocenters. The van der Waals surface area contributed by atoms with E-state index in [0.29, 0.717) is 10.7 Å². The van der Waals surface area contributed by atoms with Gasteiger partial charge in [0.25, 0.3) is 0 Å². The maximum atomic E-state index is 14.3. The van der Waals surface area contributed by atoms with Crippen molar-refractivity contribution in [2.75, 3.05) is 36.0 Å². The average molecular weight is 462 g/mol. The normalized spacial score (nSPS) is 16.3. The van der Waals surface area contributed by atoms with Crippen LogP contribution in [-0.2, 0) is 12.8 Å². The molecule has 6 rings (SSSR count). The van der Waals surface area contributed by atoms with E-state index >= 15 is 0 Å². The van der Waals surface area contributed by atoms with Crippen molar-refractivity contribution in [2.24, 2.45) is 0 Å². The highest BCUT2D eigenvalue weighted by Gasteiger charge is 2.27. The summed E-state index contributed by atoms with van der Waals surface area (Å²) >= 11 is 6.08. The molecule has 5 nitrogen and oxygen atoms in total. The van der Waals surface area contributed by atoms with Crippen LogP contribution in [0, 0.1) is 5.82 Å². The van der Waals surface area contributed by atoms with Crippen LogP contribution in [0.5, 0.6) is 0 Å². The van der Waals surface area contributed by atoms with Crippen LogP contribution in [-0.4, -0.2) is 40.8 Å². The van der Waals surface area contributed by atoms with Crippen LogP contribution in [0.1, 0.15) is 24.1 Å². The molecule has 0 spiro atoms. The van der Waals surface area contributed by atoms with Crippen molar-refractivity contribution in [3.05, 3.63) is 76.7 Å². The number of benzene rings is 2. The van der Waals surface area contributed by atoms with E-state index in [1.807, 2.05) is 40.9 Å². The largest absolute Gasteiger partial charge is 0.366 e. The number of hydrogen-bond acceptors (Lipinski definition) is 4. The molecule has 1 aliphatic carbocycles. The highest BCUT2D eigenvalue weighted by atomic mass is 35.5. The molecular formula is C26H25ClFN5. The van der Waals surface area contributed by atoms with Gasteiger partial charge in [0.05, 0.1) is 11.4 Å². The van der Waals surface area contributed by atoms with Gasteiger partial charge < -0.3 is 9.80 Å². The maximum Gasteiger partial charge on any atom is 0.158 e. The van der Waals surface area contributed by atoms with Crippen molar-refractivity contribution in [3.63, 3.8) is 0 Å². The summed E-state index contributed by atoms with van der Waals surface area (Å²) in [7, 11) is 0. The summed E-state index contributed by atoms with van der Waals surface area (Å²) in [5.74, 6) is 0.998. The van der Waals surface area contributed by atoms with Crippen LogP contribution in [0.3, 0.4) is 0 Å². The second-order valence-corrected chi connectivity index (χ2v) is 9.24. The number of piperazine rings is 1. The van der Waals surface area contributed by atoms with Crippen molar-refractivity contribution in [1.82, 2.24) is 14.6 Å². The number of nitrogens with zero attached hydrogens (tertiary/aromatic N) is 5. The number of anilines is 2. The molecule has 3 heterocycles. The fourth-order valence-electron chi connectivity index (χ4n) is 5.08. The number of aromatic nitrogens is 3. The molecule has 1 aliphatic heterocycles. The molecule has 0 amide bonds. The minimum atomic E-state index is -0.158. The number of para-hydroxylation sites is 1. The molecule has 33 heavy (non-hydrogen) atoms. The van der Waals surface area contributed by atoms with Crippen molar-refractivity contribution in [3.8, 4) is 11.3 Å². The topological polar surface area (TPSA) is 36.7 Å². The third-order valence-corrected chi connectivity index (χ3v) is 7.01. The van der Waals surface area contributed by atoms with Gasteiger partial charge in [0.15, 0.2) is 5.65 Å². The van der Waals surface area contributed by atoms with Crippen LogP contribution in [0.25, 0.3) is 16.9 Å². The molecule has 1 saturated heterocycles. The SMILES string of the molecule is Fc1ccccc1N1CCN(c2c3c(nc4cc(-c5ccc(Cl)cc5)nn24)CCCC3)CC1. The number of hydrogen-bond donors (Lipinski definition) is 0. The Bertz CT molecular complexity index is 1310. The molecule has 0 saturated carbocycles. The Balaban J connectivity index is 1.38. The number of halogens is 2. The molecule has 7 heteroatoms. The smallest absolute Gasteiger partial charge is 0.158 e. The molecule has 0 atom stereocenters. The molecule has 168 valence electrons. The monoisotopic (exact) mass is 461 g/mol. The molecule has 2 aromatic heterocycles. The third kappa shape index (κ3) is 3.72. The lowest BCUT2D eigenvalue weighted by atomic mass is 9.96. The number of aryl methyl sites for hydroxylation is 1. The van der Waals surface area contributed by atoms with E-state index in [4.69, 9.17) is 21.7 Å². The first-order chi connectivity index (χ1) is 16.2. The van der Waals surface area contributed by atoms with Crippen molar-refractivity contribution >= 4 is 28.8 Å². The van der Waals surface area contributed by atoms with Gasteiger partial charge in [0.1, 0.15) is 11.6 Å². The zero-order chi connectivity index (χ0) is 22.4. The Morgan fingerprint density at radius 2 is 1.58 bits per heavy atom. The second kappa shape index (κ2) is 8.34. The standard InChI is InChI=1S/C26H25ClFN5/c27-19-11-9-18(10-12-19)23-17-25-29-22-7-3-1-5-20(22)26(33(25)30-23)32-15-13-31(14-16-32)24-8-4-2-6-21(24)28/h2,4,6,8-12,17H,1,3,5,7,13-16H2. The summed E-state index contributed by atoms with van der Waals surface area (Å²) in [6, 6.07) is 16.9. The van der Waals surface area contributed by atoms with Crippen LogP contribution >= 0.6 is 11.6 Å². The van der Waals surface area contributed by atoms with Crippen molar-refractivity contribution in [1.29, 1.82) is 0 Å². The molecule has 4 aromatic rings. The van der Waals surface area contributed by atoms with Gasteiger partial charge in [-0.1, -0.05) is 35.9 Å². The Morgan fingerprint density at radius 3 is 2.36 bits per heavy atom. The Hall–Kier alpha value is -3.12. The zero-order valence-electron chi connectivity index (χ0n) is 18.3. The van der Waals surface area contributed by atoms with Gasteiger partial charge in [-0.25, -0.2) is 9.37 Å². The summed E-state index contributed by atoms with van der Waals surface area (Å²) < 4.78 is 16.4. The zero-order valence-corrected chi connectivity index (χ0v) is 19.1. The fourth-order valence-corrected chi connectivity index (χ4v) is 5.21. The Kier molecular flexibility index (Phi) is 5.18. The van der Waals surface area contributed by atoms with Gasteiger partial charge in [0, 0.05) is 54.1 Å². The molecule has 0 radical (unpaired) electrons. The second-order valence-electron chi connectivity index (χ2n) is 8.80. The third-order valence-electron chi connectivity index (χ3n) is 6.76. The Morgan fingerprint density at radius 1 is 0.848 bits per heavy atom. The van der Waals surface area contributed by atoms with Gasteiger partial charge in [-0.3, -0.25) is 0 Å². The number of rotatable bonds is 3. The predicted molar refractivity (Wildman–Crippen MR) is 131 cm³/mol. The van der Waals surface area contributed by atoms with Gasteiger partial charge in [0.2, 0.25) is 0 Å². The Labute approximate surface area is 197 Å². The molecule has 0 bridgehead atoms. The summed E-state index contributed by atoms with van der Waals surface area (Å²) in [6.45, 7) is 3.17. The van der Waals surface area contributed by atoms with Crippen LogP contribution < -0.4 is 9.80 Å². The highest BCUT2D eigenvalue weighted by molar-refractivity contribution is 6.30. The van der Waals surface area contributed by atoms with E-state index in [0.717, 1.165) is 61.7 Å². The minimum absolute atomic E-state index is 0.158. The van der Waals surface area contributed by atoms with Gasteiger partial charge in [-0.05, 0) is 49.9 Å². The number of fused-ring (bicyclic) bond motifs is 2. The summed E-state index contributed by atoms with van der Waals surface area (Å²) in [6.07, 6.45) is 4.38. The first kappa shape index (κ1) is 20.5.